The molecule has 9 nitrogen and oxygen atoms in total. The minimum Gasteiger partial charge on any atom is -0.459 e. The molecule has 0 saturated carbocycles. The SMILES string of the molecule is CC(=O)O[C@H]1C(C[n+]2cc(-c3cccc(C(F)(F)F)c3)n[nH]2)OC(OCCCCC(=O)NS)C(C)[C@H]1C. The molecule has 1 aromatic heterocycles. The molecular formula is C24H32F3N4O5S+. The lowest BCUT2D eigenvalue weighted by Crippen LogP contribution is -2.57. The normalized spacial score (nSPS) is 24.0. The van der Waals surface area contributed by atoms with Gasteiger partial charge < -0.3 is 18.9 Å². The first-order valence-corrected chi connectivity index (χ1v) is 12.4. The van der Waals surface area contributed by atoms with Crippen molar-refractivity contribution in [1.82, 2.24) is 15.0 Å². The summed E-state index contributed by atoms with van der Waals surface area (Å²) in [6.45, 7) is 5.80. The lowest BCUT2D eigenvalue weighted by molar-refractivity contribution is -0.761. The molecule has 0 aliphatic carbocycles. The smallest absolute Gasteiger partial charge is 0.416 e. The number of rotatable bonds is 10. The third-order valence-electron chi connectivity index (χ3n) is 6.40. The maximum Gasteiger partial charge on any atom is 0.416 e. The fraction of sp³-hybridized carbons (Fsp3) is 0.583. The number of amides is 1. The third-order valence-corrected chi connectivity index (χ3v) is 6.65. The standard InChI is InChI=1S/C24H31F3N4O5S/c1-14-15(2)23(34-10-5-4-9-21(33)29-37)36-20(22(14)35-16(3)32)13-31-12-19(28-30-31)17-7-6-8-18(11-17)24(25,26)27/h6-8,11-12,14-15,20,22-23H,4-5,9-10,13H2,1-3H3,(H2,28,29,30,33,37)/p+1/t14-,15?,20?,22-,23?/m1/s1. The van der Waals surface area contributed by atoms with Gasteiger partial charge in [0.15, 0.2) is 12.5 Å². The van der Waals surface area contributed by atoms with Crippen LogP contribution in [0.2, 0.25) is 0 Å². The van der Waals surface area contributed by atoms with Gasteiger partial charge in [0.2, 0.25) is 11.6 Å². The molecule has 1 aliphatic rings. The number of ether oxygens (including phenoxy) is 3. The number of carbonyl (C=O) groups is 2. The van der Waals surface area contributed by atoms with E-state index in [1.165, 1.54) is 13.0 Å². The molecule has 37 heavy (non-hydrogen) atoms. The van der Waals surface area contributed by atoms with Crippen molar-refractivity contribution < 1.29 is 41.7 Å². The molecule has 1 saturated heterocycles. The van der Waals surface area contributed by atoms with E-state index in [0.717, 1.165) is 12.1 Å². The number of thiol groups is 1. The Hall–Kier alpha value is -2.64. The summed E-state index contributed by atoms with van der Waals surface area (Å²) in [5, 5.41) is 6.92. The zero-order chi connectivity index (χ0) is 27.2. The van der Waals surface area contributed by atoms with Crippen LogP contribution >= 0.6 is 12.8 Å². The van der Waals surface area contributed by atoms with Crippen LogP contribution in [0.15, 0.2) is 30.5 Å². The largest absolute Gasteiger partial charge is 0.459 e. The molecule has 3 rings (SSSR count). The lowest BCUT2D eigenvalue weighted by Gasteiger charge is -2.43. The number of alkyl halides is 3. The van der Waals surface area contributed by atoms with Crippen molar-refractivity contribution in [2.75, 3.05) is 6.61 Å². The molecule has 1 amide bonds. The average molecular weight is 546 g/mol. The van der Waals surface area contributed by atoms with Crippen LogP contribution in [0, 0.1) is 11.8 Å². The number of aromatic nitrogens is 3. The van der Waals surface area contributed by atoms with Gasteiger partial charge >= 0.3 is 12.1 Å². The summed E-state index contributed by atoms with van der Waals surface area (Å²) >= 11 is 3.73. The predicted molar refractivity (Wildman–Crippen MR) is 129 cm³/mol. The van der Waals surface area contributed by atoms with Gasteiger partial charge in [-0.05, 0) is 25.0 Å². The highest BCUT2D eigenvalue weighted by Crippen LogP contribution is 2.34. The Morgan fingerprint density at radius 2 is 2.00 bits per heavy atom. The molecular weight excluding hydrogens is 513 g/mol. The molecule has 0 radical (unpaired) electrons. The molecule has 2 N–H and O–H groups in total. The fourth-order valence-corrected chi connectivity index (χ4v) is 4.33. The zero-order valence-corrected chi connectivity index (χ0v) is 21.7. The molecule has 2 heterocycles. The average Bonchev–Trinajstić information content (AvgIpc) is 3.32. The number of aromatic amines is 1. The summed E-state index contributed by atoms with van der Waals surface area (Å²) in [6.07, 6.45) is -3.01. The molecule has 0 spiro atoms. The van der Waals surface area contributed by atoms with E-state index in [9.17, 15) is 22.8 Å². The molecule has 3 unspecified atom stereocenters. The van der Waals surface area contributed by atoms with Gasteiger partial charge in [0.1, 0.15) is 18.8 Å². The van der Waals surface area contributed by atoms with Gasteiger partial charge in [0, 0.05) is 42.4 Å². The summed E-state index contributed by atoms with van der Waals surface area (Å²) in [5.41, 5.74) is -0.134. The van der Waals surface area contributed by atoms with Crippen molar-refractivity contribution in [2.45, 2.75) is 71.3 Å². The second-order valence-corrected chi connectivity index (χ2v) is 9.38. The maximum absolute atomic E-state index is 13.1. The highest BCUT2D eigenvalue weighted by atomic mass is 32.1. The molecule has 1 fully saturated rings. The summed E-state index contributed by atoms with van der Waals surface area (Å²) in [7, 11) is 0. The van der Waals surface area contributed by atoms with Crippen molar-refractivity contribution in [2.24, 2.45) is 11.8 Å². The zero-order valence-electron chi connectivity index (χ0n) is 20.8. The van der Waals surface area contributed by atoms with Crippen LogP contribution < -0.4 is 9.40 Å². The monoisotopic (exact) mass is 545 g/mol. The van der Waals surface area contributed by atoms with Crippen LogP contribution in [-0.2, 0) is 36.5 Å². The molecule has 204 valence electrons. The molecule has 0 bridgehead atoms. The Morgan fingerprint density at radius 1 is 1.24 bits per heavy atom. The van der Waals surface area contributed by atoms with Crippen LogP contribution in [0.5, 0.6) is 0 Å². The van der Waals surface area contributed by atoms with E-state index in [-0.39, 0.29) is 24.3 Å². The van der Waals surface area contributed by atoms with E-state index in [1.807, 2.05) is 13.8 Å². The van der Waals surface area contributed by atoms with Gasteiger partial charge in [-0.15, -0.1) is 0 Å². The summed E-state index contributed by atoms with van der Waals surface area (Å²) < 4.78 is 60.9. The Kier molecular flexibility index (Phi) is 9.96. The van der Waals surface area contributed by atoms with Gasteiger partial charge in [-0.3, -0.25) is 9.59 Å². The molecule has 5 atom stereocenters. The van der Waals surface area contributed by atoms with Gasteiger partial charge in [-0.1, -0.05) is 44.0 Å². The summed E-state index contributed by atoms with van der Waals surface area (Å²) in [4.78, 5) is 23.1. The van der Waals surface area contributed by atoms with Crippen LogP contribution in [0.3, 0.4) is 0 Å². The quantitative estimate of drug-likeness (QED) is 0.183. The topological polar surface area (TPSA) is 106 Å². The van der Waals surface area contributed by atoms with Gasteiger partial charge in [-0.2, -0.15) is 17.9 Å². The predicted octanol–water partition coefficient (Wildman–Crippen LogP) is 3.46. The van der Waals surface area contributed by atoms with Crippen molar-refractivity contribution >= 4 is 24.7 Å². The van der Waals surface area contributed by atoms with Gasteiger partial charge in [-0.25, -0.2) is 0 Å². The van der Waals surface area contributed by atoms with Gasteiger partial charge in [0.25, 0.3) is 0 Å². The van der Waals surface area contributed by atoms with E-state index in [4.69, 9.17) is 14.2 Å². The number of halogens is 3. The number of unbranched alkanes of at least 4 members (excludes halogenated alkanes) is 1. The first kappa shape index (κ1) is 28.9. The fourth-order valence-electron chi connectivity index (χ4n) is 4.22. The number of hydrogen-bond acceptors (Lipinski definition) is 7. The Bertz CT molecular complexity index is 1070. The number of benzene rings is 1. The van der Waals surface area contributed by atoms with Crippen LogP contribution in [0.1, 0.15) is 45.6 Å². The number of nitrogens with zero attached hydrogens (tertiary/aromatic N) is 2. The maximum atomic E-state index is 13.1. The number of hydrogen-bond donors (Lipinski definition) is 3. The number of H-pyrrole nitrogens is 1. The van der Waals surface area contributed by atoms with E-state index >= 15 is 0 Å². The van der Waals surface area contributed by atoms with Crippen molar-refractivity contribution in [3.63, 3.8) is 0 Å². The van der Waals surface area contributed by atoms with E-state index in [1.54, 1.807) is 16.9 Å². The molecule has 1 aliphatic heterocycles. The highest BCUT2D eigenvalue weighted by Gasteiger charge is 2.45. The molecule has 1 aromatic carbocycles. The van der Waals surface area contributed by atoms with Crippen molar-refractivity contribution in [3.05, 3.63) is 36.0 Å². The van der Waals surface area contributed by atoms with Crippen molar-refractivity contribution in [3.8, 4) is 11.3 Å². The minimum absolute atomic E-state index is 0.0891. The van der Waals surface area contributed by atoms with E-state index in [0.29, 0.717) is 37.1 Å². The first-order chi connectivity index (χ1) is 17.5. The Labute approximate surface area is 218 Å². The Balaban J connectivity index is 1.70. The lowest BCUT2D eigenvalue weighted by atomic mass is 9.84. The van der Waals surface area contributed by atoms with Gasteiger partial charge in [0.05, 0.1) is 5.56 Å². The second kappa shape index (κ2) is 12.7. The molecule has 13 heteroatoms. The van der Waals surface area contributed by atoms with E-state index in [2.05, 4.69) is 27.8 Å². The van der Waals surface area contributed by atoms with Crippen LogP contribution in [0.4, 0.5) is 13.2 Å². The van der Waals surface area contributed by atoms with Crippen LogP contribution in [-0.4, -0.2) is 47.3 Å². The number of carbonyl (C=O) groups excluding carboxylic acids is 2. The first-order valence-electron chi connectivity index (χ1n) is 12.0. The number of nitrogens with one attached hydrogen (secondary N) is 2. The minimum atomic E-state index is -4.46. The third kappa shape index (κ3) is 7.92. The van der Waals surface area contributed by atoms with Crippen LogP contribution in [0.25, 0.3) is 11.3 Å². The second-order valence-electron chi connectivity index (χ2n) is 9.16. The van der Waals surface area contributed by atoms with E-state index < -0.39 is 36.2 Å². The molecule has 2 aromatic rings. The Morgan fingerprint density at radius 3 is 2.68 bits per heavy atom. The summed E-state index contributed by atoms with van der Waals surface area (Å²) in [5.74, 6) is -0.800. The van der Waals surface area contributed by atoms with Crippen molar-refractivity contribution in [1.29, 1.82) is 0 Å². The summed E-state index contributed by atoms with van der Waals surface area (Å²) in [6, 6.07) is 4.91. The number of esters is 1. The highest BCUT2D eigenvalue weighted by molar-refractivity contribution is 7.78.